The minimum atomic E-state index is -0.245. The molecule has 0 atom stereocenters. The number of amides is 1. The second kappa shape index (κ2) is 4.28. The van der Waals surface area contributed by atoms with Crippen molar-refractivity contribution < 1.29 is 4.79 Å². The summed E-state index contributed by atoms with van der Waals surface area (Å²) in [6.07, 6.45) is 1.63. The Balaban J connectivity index is 2.61. The topological polar surface area (TPSA) is 49.6 Å². The van der Waals surface area contributed by atoms with E-state index in [1.807, 2.05) is 25.8 Å². The van der Waals surface area contributed by atoms with Gasteiger partial charge < -0.3 is 5.73 Å². The van der Waals surface area contributed by atoms with Crippen LogP contribution in [0.5, 0.6) is 0 Å². The van der Waals surface area contributed by atoms with Gasteiger partial charge in [-0.15, -0.1) is 0 Å². The molecule has 1 aliphatic rings. The number of hydrogen-bond donors (Lipinski definition) is 1. The Bertz CT molecular complexity index is 210. The van der Waals surface area contributed by atoms with E-state index in [4.69, 9.17) is 5.73 Å². The highest BCUT2D eigenvalue weighted by Gasteiger charge is 2.27. The predicted octanol–water partition coefficient (Wildman–Crippen LogP) is 0.583. The first-order valence-electron chi connectivity index (χ1n) is 5.28. The molecule has 0 unspecified atom stereocenters. The first-order chi connectivity index (χ1) is 6.44. The van der Waals surface area contributed by atoms with Crippen LogP contribution in [0.3, 0.4) is 0 Å². The van der Waals surface area contributed by atoms with Crippen LogP contribution in [0.1, 0.15) is 33.6 Å². The van der Waals surface area contributed by atoms with Gasteiger partial charge in [0.1, 0.15) is 0 Å². The Morgan fingerprint density at radius 2 is 2.14 bits per heavy atom. The number of nitrogens with two attached hydrogens (primary N) is 1. The van der Waals surface area contributed by atoms with Gasteiger partial charge in [-0.25, -0.2) is 5.01 Å². The van der Waals surface area contributed by atoms with E-state index in [-0.39, 0.29) is 11.4 Å². The molecule has 0 radical (unpaired) electrons. The van der Waals surface area contributed by atoms with Crippen LogP contribution >= 0.6 is 0 Å². The Kier molecular flexibility index (Phi) is 3.50. The summed E-state index contributed by atoms with van der Waals surface area (Å²) in [5, 5.41) is 3.89. The van der Waals surface area contributed by atoms with E-state index in [0.717, 1.165) is 26.1 Å². The molecule has 82 valence electrons. The lowest BCUT2D eigenvalue weighted by Crippen LogP contribution is -2.56. The fourth-order valence-electron chi connectivity index (χ4n) is 1.83. The van der Waals surface area contributed by atoms with Crippen molar-refractivity contribution in [2.45, 2.75) is 39.2 Å². The van der Waals surface area contributed by atoms with Crippen molar-refractivity contribution in [1.82, 2.24) is 10.0 Å². The van der Waals surface area contributed by atoms with E-state index < -0.39 is 0 Å². The van der Waals surface area contributed by atoms with Gasteiger partial charge in [0.2, 0.25) is 5.91 Å². The van der Waals surface area contributed by atoms with E-state index >= 15 is 0 Å². The first kappa shape index (κ1) is 11.5. The van der Waals surface area contributed by atoms with Crippen molar-refractivity contribution in [3.8, 4) is 0 Å². The minimum absolute atomic E-state index is 0.225. The molecule has 0 aromatic rings. The number of rotatable bonds is 3. The highest BCUT2D eigenvalue weighted by molar-refractivity contribution is 5.76. The largest absolute Gasteiger partial charge is 0.324 e. The van der Waals surface area contributed by atoms with Gasteiger partial charge in [0, 0.05) is 31.6 Å². The lowest BCUT2D eigenvalue weighted by atomic mass is 10.1. The summed E-state index contributed by atoms with van der Waals surface area (Å²) in [5.41, 5.74) is 5.70. The molecular weight excluding hydrogens is 178 g/mol. The molecule has 0 spiro atoms. The molecule has 2 N–H and O–H groups in total. The quantitative estimate of drug-likeness (QED) is 0.723. The molecule has 4 heteroatoms. The minimum Gasteiger partial charge on any atom is -0.324 e. The van der Waals surface area contributed by atoms with E-state index in [9.17, 15) is 4.79 Å². The van der Waals surface area contributed by atoms with Crippen LogP contribution < -0.4 is 5.73 Å². The van der Waals surface area contributed by atoms with Gasteiger partial charge in [0.25, 0.3) is 0 Å². The van der Waals surface area contributed by atoms with Gasteiger partial charge in [-0.1, -0.05) is 0 Å². The molecule has 1 aliphatic heterocycles. The molecule has 0 bridgehead atoms. The number of hydrogen-bond acceptors (Lipinski definition) is 3. The molecule has 1 rings (SSSR count). The number of carbonyl (C=O) groups excluding carboxylic acids is 1. The summed E-state index contributed by atoms with van der Waals surface area (Å²) in [7, 11) is 0. The van der Waals surface area contributed by atoms with Gasteiger partial charge >= 0.3 is 0 Å². The maximum absolute atomic E-state index is 11.6. The molecule has 0 aliphatic carbocycles. The maximum atomic E-state index is 11.6. The van der Waals surface area contributed by atoms with Crippen molar-refractivity contribution >= 4 is 5.91 Å². The maximum Gasteiger partial charge on any atom is 0.236 e. The van der Waals surface area contributed by atoms with Gasteiger partial charge in [-0.3, -0.25) is 9.80 Å². The third kappa shape index (κ3) is 2.96. The predicted molar refractivity (Wildman–Crippen MR) is 56.5 cm³/mol. The summed E-state index contributed by atoms with van der Waals surface area (Å²) in [5.74, 6) is 0.225. The zero-order valence-corrected chi connectivity index (χ0v) is 9.42. The highest BCUT2D eigenvalue weighted by atomic mass is 16.2. The lowest BCUT2D eigenvalue weighted by Gasteiger charge is -2.41. The summed E-state index contributed by atoms with van der Waals surface area (Å²) in [4.78, 5) is 11.6. The molecule has 1 fully saturated rings. The van der Waals surface area contributed by atoms with Crippen LogP contribution in [0.25, 0.3) is 0 Å². The van der Waals surface area contributed by atoms with Crippen LogP contribution in [0.15, 0.2) is 0 Å². The molecule has 0 aromatic carbocycles. The summed E-state index contributed by atoms with van der Waals surface area (Å²) in [6, 6.07) is 0. The van der Waals surface area contributed by atoms with E-state index in [2.05, 4.69) is 5.01 Å². The standard InChI is InChI=1S/C10H21N3O/c1-4-13-9(14)6-5-7-12(13)8-10(2,3)11/h4-8,11H2,1-3H3. The van der Waals surface area contributed by atoms with Crippen LogP contribution in [0, 0.1) is 0 Å². The fourth-order valence-corrected chi connectivity index (χ4v) is 1.83. The van der Waals surface area contributed by atoms with Crippen LogP contribution in [-0.2, 0) is 4.79 Å². The lowest BCUT2D eigenvalue weighted by molar-refractivity contribution is -0.156. The molecule has 1 saturated heterocycles. The van der Waals surface area contributed by atoms with Crippen molar-refractivity contribution in [1.29, 1.82) is 0 Å². The zero-order chi connectivity index (χ0) is 10.8. The Labute approximate surface area is 86.0 Å². The summed E-state index contributed by atoms with van der Waals surface area (Å²) >= 11 is 0. The van der Waals surface area contributed by atoms with E-state index in [1.165, 1.54) is 0 Å². The first-order valence-corrected chi connectivity index (χ1v) is 5.28. The molecule has 14 heavy (non-hydrogen) atoms. The van der Waals surface area contributed by atoms with Crippen molar-refractivity contribution in [3.63, 3.8) is 0 Å². The summed E-state index contributed by atoms with van der Waals surface area (Å²) < 4.78 is 0. The Hall–Kier alpha value is -0.610. The van der Waals surface area contributed by atoms with Crippen LogP contribution in [0.4, 0.5) is 0 Å². The molecule has 1 amide bonds. The highest BCUT2D eigenvalue weighted by Crippen LogP contribution is 2.14. The number of carbonyl (C=O) groups is 1. The van der Waals surface area contributed by atoms with Gasteiger partial charge in [0.05, 0.1) is 0 Å². The average Bonchev–Trinajstić information content (AvgIpc) is 2.01. The third-order valence-electron chi connectivity index (χ3n) is 2.33. The van der Waals surface area contributed by atoms with Crippen molar-refractivity contribution in [3.05, 3.63) is 0 Å². The number of hydrazine groups is 1. The second-order valence-electron chi connectivity index (χ2n) is 4.59. The van der Waals surface area contributed by atoms with Gasteiger partial charge in [0.15, 0.2) is 0 Å². The normalized spacial score (nSPS) is 20.3. The molecule has 0 aromatic heterocycles. The summed E-state index contributed by atoms with van der Waals surface area (Å²) in [6.45, 7) is 8.40. The van der Waals surface area contributed by atoms with E-state index in [1.54, 1.807) is 0 Å². The number of nitrogens with zero attached hydrogens (tertiary/aromatic N) is 2. The van der Waals surface area contributed by atoms with E-state index in [0.29, 0.717) is 6.42 Å². The molecule has 0 saturated carbocycles. The smallest absolute Gasteiger partial charge is 0.236 e. The van der Waals surface area contributed by atoms with Crippen LogP contribution in [-0.4, -0.2) is 41.1 Å². The Morgan fingerprint density at radius 1 is 1.50 bits per heavy atom. The monoisotopic (exact) mass is 199 g/mol. The van der Waals surface area contributed by atoms with Crippen molar-refractivity contribution in [2.24, 2.45) is 5.73 Å². The third-order valence-corrected chi connectivity index (χ3v) is 2.33. The Morgan fingerprint density at radius 3 is 2.64 bits per heavy atom. The van der Waals surface area contributed by atoms with Gasteiger partial charge in [-0.05, 0) is 27.2 Å². The SMILES string of the molecule is CCN1C(=O)CCCN1CC(C)(C)N. The zero-order valence-electron chi connectivity index (χ0n) is 9.42. The fraction of sp³-hybridized carbons (Fsp3) is 0.900. The molecule has 1 heterocycles. The molecular formula is C10H21N3O. The molecule has 4 nitrogen and oxygen atoms in total. The van der Waals surface area contributed by atoms with Crippen LogP contribution in [0.2, 0.25) is 0 Å². The van der Waals surface area contributed by atoms with Crippen molar-refractivity contribution in [2.75, 3.05) is 19.6 Å². The van der Waals surface area contributed by atoms with Gasteiger partial charge in [-0.2, -0.15) is 0 Å². The second-order valence-corrected chi connectivity index (χ2v) is 4.59. The average molecular weight is 199 g/mol.